The Morgan fingerprint density at radius 1 is 1.00 bits per heavy atom. The number of rotatable bonds is 5. The molecule has 0 fully saturated rings. The molecule has 0 radical (unpaired) electrons. The van der Waals surface area contributed by atoms with Crippen LogP contribution in [0, 0.1) is 0 Å². The van der Waals surface area contributed by atoms with E-state index in [0.29, 0.717) is 24.4 Å². The van der Waals surface area contributed by atoms with Gasteiger partial charge in [-0.15, -0.1) is 0 Å². The molecule has 0 aliphatic rings. The zero-order chi connectivity index (χ0) is 17.6. The van der Waals surface area contributed by atoms with Gasteiger partial charge in [0.2, 0.25) is 0 Å². The number of carbonyl (C=O) groups is 1. The van der Waals surface area contributed by atoms with Crippen LogP contribution in [0.4, 0.5) is 16.2 Å². The van der Waals surface area contributed by atoms with E-state index in [1.165, 1.54) is 0 Å². The smallest absolute Gasteiger partial charge is 0.362 e. The fourth-order valence-electron chi connectivity index (χ4n) is 2.56. The molecule has 2 aromatic carbocycles. The molecule has 2 amide bonds. The van der Waals surface area contributed by atoms with E-state index in [-0.39, 0.29) is 5.69 Å². The summed E-state index contributed by atoms with van der Waals surface area (Å²) < 4.78 is 5.31. The molecule has 1 heterocycles. The molecule has 3 aromatic rings. The maximum absolute atomic E-state index is 12.3. The standard InChI is InChI=1S/C19H19N3O3/c1-2-20-16-14-10-6-7-11-15(14)25-18(23)17(16)22-19(24)21-12-13-8-4-3-5-9-13/h3-11,20H,2,12H2,1H3,(H2,21,22,24). The van der Waals surface area contributed by atoms with E-state index in [1.807, 2.05) is 49.4 Å². The molecule has 0 saturated carbocycles. The Morgan fingerprint density at radius 3 is 2.48 bits per heavy atom. The fraction of sp³-hybridized carbons (Fsp3) is 0.158. The fourth-order valence-corrected chi connectivity index (χ4v) is 2.56. The number of hydrogen-bond donors (Lipinski definition) is 3. The normalized spacial score (nSPS) is 10.4. The van der Waals surface area contributed by atoms with Crippen molar-refractivity contribution < 1.29 is 9.21 Å². The number of urea groups is 1. The molecule has 0 spiro atoms. The minimum Gasteiger partial charge on any atom is -0.421 e. The number of hydrogen-bond acceptors (Lipinski definition) is 4. The van der Waals surface area contributed by atoms with E-state index < -0.39 is 11.7 Å². The highest BCUT2D eigenvalue weighted by Gasteiger charge is 2.16. The summed E-state index contributed by atoms with van der Waals surface area (Å²) in [6.45, 7) is 2.89. The van der Waals surface area contributed by atoms with Crippen molar-refractivity contribution in [3.63, 3.8) is 0 Å². The quantitative estimate of drug-likeness (QED) is 0.622. The van der Waals surface area contributed by atoms with Gasteiger partial charge in [-0.05, 0) is 24.6 Å². The molecule has 0 bridgehead atoms. The van der Waals surface area contributed by atoms with Crippen molar-refractivity contribution in [1.82, 2.24) is 5.32 Å². The zero-order valence-electron chi connectivity index (χ0n) is 13.8. The van der Waals surface area contributed by atoms with Crippen LogP contribution in [0.2, 0.25) is 0 Å². The van der Waals surface area contributed by atoms with Crippen molar-refractivity contribution in [2.24, 2.45) is 0 Å². The van der Waals surface area contributed by atoms with Gasteiger partial charge in [-0.2, -0.15) is 0 Å². The van der Waals surface area contributed by atoms with Crippen LogP contribution < -0.4 is 21.6 Å². The predicted molar refractivity (Wildman–Crippen MR) is 98.9 cm³/mol. The molecule has 3 N–H and O–H groups in total. The third kappa shape index (κ3) is 3.80. The number of anilines is 2. The largest absolute Gasteiger partial charge is 0.421 e. The lowest BCUT2D eigenvalue weighted by molar-refractivity contribution is 0.251. The zero-order valence-corrected chi connectivity index (χ0v) is 13.8. The maximum atomic E-state index is 12.3. The van der Waals surface area contributed by atoms with Gasteiger partial charge >= 0.3 is 11.7 Å². The molecule has 0 saturated heterocycles. The number of carbonyl (C=O) groups excluding carboxylic acids is 1. The van der Waals surface area contributed by atoms with E-state index >= 15 is 0 Å². The second-order valence-electron chi connectivity index (χ2n) is 5.46. The highest BCUT2D eigenvalue weighted by atomic mass is 16.4. The summed E-state index contributed by atoms with van der Waals surface area (Å²) in [5.41, 5.74) is 1.51. The van der Waals surface area contributed by atoms with Crippen molar-refractivity contribution in [1.29, 1.82) is 0 Å². The number of benzene rings is 2. The topological polar surface area (TPSA) is 83.4 Å². The lowest BCUT2D eigenvalue weighted by atomic mass is 10.2. The summed E-state index contributed by atoms with van der Waals surface area (Å²) in [6.07, 6.45) is 0. The lowest BCUT2D eigenvalue weighted by Crippen LogP contribution is -2.30. The Hall–Kier alpha value is -3.28. The molecule has 0 aliphatic heterocycles. The second kappa shape index (κ2) is 7.53. The third-order valence-electron chi connectivity index (χ3n) is 3.70. The molecule has 3 rings (SSSR count). The first-order chi connectivity index (χ1) is 12.2. The van der Waals surface area contributed by atoms with Gasteiger partial charge in [0.1, 0.15) is 5.58 Å². The van der Waals surface area contributed by atoms with Gasteiger partial charge in [0.25, 0.3) is 0 Å². The summed E-state index contributed by atoms with van der Waals surface area (Å²) >= 11 is 0. The summed E-state index contributed by atoms with van der Waals surface area (Å²) in [4.78, 5) is 24.5. The van der Waals surface area contributed by atoms with Gasteiger partial charge in [0.15, 0.2) is 5.69 Å². The van der Waals surface area contributed by atoms with Gasteiger partial charge in [-0.25, -0.2) is 9.59 Å². The molecular weight excluding hydrogens is 318 g/mol. The van der Waals surface area contributed by atoms with Gasteiger partial charge in [-0.1, -0.05) is 42.5 Å². The highest BCUT2D eigenvalue weighted by Crippen LogP contribution is 2.28. The molecule has 0 atom stereocenters. The van der Waals surface area contributed by atoms with E-state index in [0.717, 1.165) is 10.9 Å². The van der Waals surface area contributed by atoms with E-state index in [1.54, 1.807) is 12.1 Å². The first-order valence-electron chi connectivity index (χ1n) is 8.07. The van der Waals surface area contributed by atoms with Crippen LogP contribution in [0.5, 0.6) is 0 Å². The Morgan fingerprint density at radius 2 is 1.72 bits per heavy atom. The third-order valence-corrected chi connectivity index (χ3v) is 3.70. The summed E-state index contributed by atoms with van der Waals surface area (Å²) in [6, 6.07) is 16.3. The van der Waals surface area contributed by atoms with Crippen LogP contribution in [0.3, 0.4) is 0 Å². The molecule has 1 aromatic heterocycles. The summed E-state index contributed by atoms with van der Waals surface area (Å²) in [5.74, 6) is 0. The van der Waals surface area contributed by atoms with Crippen molar-refractivity contribution in [3.8, 4) is 0 Å². The first kappa shape index (κ1) is 16.6. The summed E-state index contributed by atoms with van der Waals surface area (Å²) in [7, 11) is 0. The number of amides is 2. The van der Waals surface area contributed by atoms with E-state index in [4.69, 9.17) is 4.42 Å². The number of fused-ring (bicyclic) bond motifs is 1. The first-order valence-corrected chi connectivity index (χ1v) is 8.07. The van der Waals surface area contributed by atoms with Gasteiger partial charge in [0, 0.05) is 18.5 Å². The van der Waals surface area contributed by atoms with Crippen molar-refractivity contribution in [2.45, 2.75) is 13.5 Å². The van der Waals surface area contributed by atoms with Crippen molar-refractivity contribution in [3.05, 3.63) is 70.6 Å². The minimum atomic E-state index is -0.593. The Bertz CT molecular complexity index is 936. The van der Waals surface area contributed by atoms with E-state index in [2.05, 4.69) is 16.0 Å². The molecule has 6 heteroatoms. The van der Waals surface area contributed by atoms with Crippen LogP contribution in [0.25, 0.3) is 11.0 Å². The van der Waals surface area contributed by atoms with Gasteiger partial charge < -0.3 is 15.1 Å². The van der Waals surface area contributed by atoms with Gasteiger partial charge in [-0.3, -0.25) is 5.32 Å². The van der Waals surface area contributed by atoms with Crippen LogP contribution in [-0.4, -0.2) is 12.6 Å². The van der Waals surface area contributed by atoms with Crippen molar-refractivity contribution >= 4 is 28.4 Å². The van der Waals surface area contributed by atoms with Crippen molar-refractivity contribution in [2.75, 3.05) is 17.2 Å². The highest BCUT2D eigenvalue weighted by molar-refractivity contribution is 6.01. The second-order valence-corrected chi connectivity index (χ2v) is 5.46. The van der Waals surface area contributed by atoms with Crippen LogP contribution in [-0.2, 0) is 6.54 Å². The SMILES string of the molecule is CCNc1c(NC(=O)NCc2ccccc2)c(=O)oc2ccccc12. The molecule has 128 valence electrons. The van der Waals surface area contributed by atoms with Crippen LogP contribution in [0.15, 0.2) is 63.8 Å². The molecule has 25 heavy (non-hydrogen) atoms. The lowest BCUT2D eigenvalue weighted by Gasteiger charge is -2.13. The summed E-state index contributed by atoms with van der Waals surface area (Å²) in [5, 5.41) is 9.22. The molecule has 6 nitrogen and oxygen atoms in total. The van der Waals surface area contributed by atoms with Crippen LogP contribution in [0.1, 0.15) is 12.5 Å². The molecular formula is C19H19N3O3. The van der Waals surface area contributed by atoms with Gasteiger partial charge in [0.05, 0.1) is 5.69 Å². The number of nitrogens with one attached hydrogen (secondary N) is 3. The maximum Gasteiger partial charge on any atom is 0.362 e. The Kier molecular flexibility index (Phi) is 4.99. The minimum absolute atomic E-state index is 0.103. The van der Waals surface area contributed by atoms with Crippen LogP contribution >= 0.6 is 0 Å². The molecule has 0 aliphatic carbocycles. The average molecular weight is 337 g/mol. The average Bonchev–Trinajstić information content (AvgIpc) is 2.64. The molecule has 0 unspecified atom stereocenters. The van der Waals surface area contributed by atoms with E-state index in [9.17, 15) is 9.59 Å². The Balaban J connectivity index is 1.84. The Labute approximate surface area is 144 Å². The monoisotopic (exact) mass is 337 g/mol. The number of para-hydroxylation sites is 1. The predicted octanol–water partition coefficient (Wildman–Crippen LogP) is 3.55.